The molecule has 0 unspecified atom stereocenters. The second kappa shape index (κ2) is 3.20. The van der Waals surface area contributed by atoms with E-state index in [0.29, 0.717) is 6.42 Å². The summed E-state index contributed by atoms with van der Waals surface area (Å²) in [5.74, 6) is 0.00574. The van der Waals surface area contributed by atoms with Crippen LogP contribution in [-0.2, 0) is 4.79 Å². The number of fused-ring (bicyclic) bond motifs is 1. The molecule has 0 saturated carbocycles. The number of rotatable bonds is 1. The van der Waals surface area contributed by atoms with Gasteiger partial charge in [0.15, 0.2) is 0 Å². The zero-order chi connectivity index (χ0) is 11.1. The molecule has 16 heavy (non-hydrogen) atoms. The number of nitrogens with zero attached hydrogens (tertiary/aromatic N) is 2. The largest absolute Gasteiger partial charge is 0.464 e. The lowest BCUT2D eigenvalue weighted by molar-refractivity contribution is -0.116. The summed E-state index contributed by atoms with van der Waals surface area (Å²) in [6.45, 7) is 1.85. The highest BCUT2D eigenvalue weighted by Crippen LogP contribution is 2.30. The molecule has 0 bridgehead atoms. The van der Waals surface area contributed by atoms with Gasteiger partial charge >= 0.3 is 0 Å². The van der Waals surface area contributed by atoms with Crippen LogP contribution in [0.15, 0.2) is 40.0 Å². The van der Waals surface area contributed by atoms with Crippen molar-refractivity contribution in [2.24, 2.45) is 5.10 Å². The van der Waals surface area contributed by atoms with Crippen LogP contribution in [0.1, 0.15) is 13.3 Å². The first kappa shape index (κ1) is 9.15. The fourth-order valence-electron chi connectivity index (χ4n) is 1.91. The first-order chi connectivity index (χ1) is 7.75. The normalized spacial score (nSPS) is 15.9. The molecular weight excluding hydrogens is 204 g/mol. The zero-order valence-corrected chi connectivity index (χ0v) is 8.80. The van der Waals surface area contributed by atoms with Crippen molar-refractivity contribution in [3.63, 3.8) is 0 Å². The van der Waals surface area contributed by atoms with Crippen LogP contribution in [0, 0.1) is 0 Å². The van der Waals surface area contributed by atoms with Gasteiger partial charge in [-0.1, -0.05) is 6.07 Å². The lowest BCUT2D eigenvalue weighted by Crippen LogP contribution is -2.19. The van der Waals surface area contributed by atoms with Crippen molar-refractivity contribution in [1.82, 2.24) is 0 Å². The first-order valence-electron chi connectivity index (χ1n) is 5.09. The molecule has 0 aliphatic carbocycles. The maximum absolute atomic E-state index is 11.7. The zero-order valence-electron chi connectivity index (χ0n) is 8.80. The molecular formula is C12H10N2O2. The number of furan rings is 1. The van der Waals surface area contributed by atoms with Crippen LogP contribution in [-0.4, -0.2) is 11.6 Å². The standard InChI is InChI=1S/C12H10N2O2/c1-8-7-12(15)14(13-8)10-3-2-4-11-9(10)5-6-16-11/h2-6H,7H2,1H3. The van der Waals surface area contributed by atoms with E-state index in [1.165, 1.54) is 5.01 Å². The number of anilines is 1. The Morgan fingerprint density at radius 2 is 2.25 bits per heavy atom. The summed E-state index contributed by atoms with van der Waals surface area (Å²) in [6.07, 6.45) is 2.01. The molecule has 0 spiro atoms. The topological polar surface area (TPSA) is 45.8 Å². The van der Waals surface area contributed by atoms with Gasteiger partial charge < -0.3 is 4.42 Å². The average molecular weight is 214 g/mol. The van der Waals surface area contributed by atoms with E-state index in [2.05, 4.69) is 5.10 Å². The quantitative estimate of drug-likeness (QED) is 0.732. The number of hydrogen-bond acceptors (Lipinski definition) is 3. The predicted octanol–water partition coefficient (Wildman–Crippen LogP) is 2.55. The molecule has 1 aromatic heterocycles. The fraction of sp³-hybridized carbons (Fsp3) is 0.167. The maximum Gasteiger partial charge on any atom is 0.253 e. The Morgan fingerprint density at radius 3 is 3.00 bits per heavy atom. The van der Waals surface area contributed by atoms with Gasteiger partial charge in [0.2, 0.25) is 0 Å². The molecule has 1 amide bonds. The molecule has 2 heterocycles. The van der Waals surface area contributed by atoms with Gasteiger partial charge in [0.1, 0.15) is 5.58 Å². The Bertz CT molecular complexity index is 598. The molecule has 2 aromatic rings. The van der Waals surface area contributed by atoms with E-state index in [1.807, 2.05) is 31.2 Å². The SMILES string of the molecule is CC1=NN(c2cccc3occc23)C(=O)C1. The Kier molecular flexibility index (Phi) is 1.83. The van der Waals surface area contributed by atoms with Crippen molar-refractivity contribution < 1.29 is 9.21 Å². The summed E-state index contributed by atoms with van der Waals surface area (Å²) in [4.78, 5) is 11.7. The molecule has 0 N–H and O–H groups in total. The molecule has 4 nitrogen and oxygen atoms in total. The number of hydrazone groups is 1. The van der Waals surface area contributed by atoms with Crippen molar-refractivity contribution in [1.29, 1.82) is 0 Å². The van der Waals surface area contributed by atoms with E-state index >= 15 is 0 Å². The van der Waals surface area contributed by atoms with Crippen LogP contribution in [0.2, 0.25) is 0 Å². The first-order valence-corrected chi connectivity index (χ1v) is 5.09. The summed E-state index contributed by atoms with van der Waals surface area (Å²) in [7, 11) is 0. The van der Waals surface area contributed by atoms with Crippen LogP contribution >= 0.6 is 0 Å². The van der Waals surface area contributed by atoms with Crippen molar-refractivity contribution in [3.05, 3.63) is 30.5 Å². The molecule has 0 atom stereocenters. The van der Waals surface area contributed by atoms with Gasteiger partial charge in [-0.05, 0) is 25.1 Å². The molecule has 80 valence electrons. The highest BCUT2D eigenvalue weighted by molar-refractivity contribution is 6.14. The number of carbonyl (C=O) groups is 1. The third-order valence-corrected chi connectivity index (χ3v) is 2.62. The summed E-state index contributed by atoms with van der Waals surface area (Å²) in [5, 5.41) is 6.59. The van der Waals surface area contributed by atoms with Crippen molar-refractivity contribution >= 4 is 28.3 Å². The number of hydrogen-bond donors (Lipinski definition) is 0. The highest BCUT2D eigenvalue weighted by Gasteiger charge is 2.24. The Hall–Kier alpha value is -2.10. The lowest BCUT2D eigenvalue weighted by atomic mass is 10.2. The van der Waals surface area contributed by atoms with Crippen LogP contribution in [0.3, 0.4) is 0 Å². The Balaban J connectivity index is 2.19. The maximum atomic E-state index is 11.7. The van der Waals surface area contributed by atoms with Gasteiger partial charge in [0.25, 0.3) is 5.91 Å². The van der Waals surface area contributed by atoms with Crippen LogP contribution < -0.4 is 5.01 Å². The van der Waals surface area contributed by atoms with E-state index in [1.54, 1.807) is 6.26 Å². The third kappa shape index (κ3) is 1.23. The van der Waals surface area contributed by atoms with Crippen molar-refractivity contribution in [2.75, 3.05) is 5.01 Å². The van der Waals surface area contributed by atoms with Crippen molar-refractivity contribution in [3.8, 4) is 0 Å². The second-order valence-corrected chi connectivity index (χ2v) is 3.83. The molecule has 3 rings (SSSR count). The second-order valence-electron chi connectivity index (χ2n) is 3.83. The van der Waals surface area contributed by atoms with E-state index in [9.17, 15) is 4.79 Å². The number of carbonyl (C=O) groups excluding carboxylic acids is 1. The van der Waals surface area contributed by atoms with E-state index in [-0.39, 0.29) is 5.91 Å². The number of amides is 1. The van der Waals surface area contributed by atoms with Gasteiger partial charge in [-0.15, -0.1) is 0 Å². The Morgan fingerprint density at radius 1 is 1.38 bits per heavy atom. The monoisotopic (exact) mass is 214 g/mol. The minimum atomic E-state index is 0.00574. The lowest BCUT2D eigenvalue weighted by Gasteiger charge is -2.12. The molecule has 0 saturated heterocycles. The summed E-state index contributed by atoms with van der Waals surface area (Å²) in [6, 6.07) is 7.45. The van der Waals surface area contributed by atoms with Gasteiger partial charge in [0.05, 0.1) is 18.4 Å². The molecule has 1 aliphatic heterocycles. The minimum Gasteiger partial charge on any atom is -0.464 e. The predicted molar refractivity (Wildman–Crippen MR) is 61.4 cm³/mol. The average Bonchev–Trinajstić information content (AvgIpc) is 2.84. The third-order valence-electron chi connectivity index (χ3n) is 2.62. The number of benzene rings is 1. The van der Waals surface area contributed by atoms with E-state index < -0.39 is 0 Å². The van der Waals surface area contributed by atoms with E-state index in [0.717, 1.165) is 22.4 Å². The summed E-state index contributed by atoms with van der Waals surface area (Å²) >= 11 is 0. The molecule has 0 fully saturated rings. The molecule has 1 aliphatic rings. The van der Waals surface area contributed by atoms with Gasteiger partial charge in [0, 0.05) is 11.1 Å². The van der Waals surface area contributed by atoms with Crippen LogP contribution in [0.25, 0.3) is 11.0 Å². The van der Waals surface area contributed by atoms with Gasteiger partial charge in [-0.2, -0.15) is 10.1 Å². The van der Waals surface area contributed by atoms with Crippen LogP contribution in [0.5, 0.6) is 0 Å². The molecule has 0 radical (unpaired) electrons. The van der Waals surface area contributed by atoms with Gasteiger partial charge in [-0.3, -0.25) is 4.79 Å². The minimum absolute atomic E-state index is 0.00574. The fourth-order valence-corrected chi connectivity index (χ4v) is 1.91. The summed E-state index contributed by atoms with van der Waals surface area (Å²) < 4.78 is 5.29. The smallest absolute Gasteiger partial charge is 0.253 e. The highest BCUT2D eigenvalue weighted by atomic mass is 16.3. The Labute approximate surface area is 92.1 Å². The molecule has 1 aromatic carbocycles. The summed E-state index contributed by atoms with van der Waals surface area (Å²) in [5.41, 5.74) is 2.39. The molecule has 4 heteroatoms. The van der Waals surface area contributed by atoms with Crippen molar-refractivity contribution in [2.45, 2.75) is 13.3 Å². The van der Waals surface area contributed by atoms with E-state index in [4.69, 9.17) is 4.42 Å². The van der Waals surface area contributed by atoms with Crippen LogP contribution in [0.4, 0.5) is 5.69 Å². The van der Waals surface area contributed by atoms with Gasteiger partial charge in [-0.25, -0.2) is 0 Å².